The molecule has 0 saturated carbocycles. The Balaban J connectivity index is 2.82. The van der Waals surface area contributed by atoms with Crippen molar-refractivity contribution in [3.8, 4) is 0 Å². The average molecular weight is 203 g/mol. The summed E-state index contributed by atoms with van der Waals surface area (Å²) in [6.45, 7) is 0.559. The highest BCUT2D eigenvalue weighted by atomic mass is 32.2. The highest BCUT2D eigenvalue weighted by molar-refractivity contribution is 7.89. The largest absolute Gasteiger partial charge is 0.356 e. The summed E-state index contributed by atoms with van der Waals surface area (Å²) in [5.41, 5.74) is 5.19. The summed E-state index contributed by atoms with van der Waals surface area (Å²) in [4.78, 5) is 0.267. The van der Waals surface area contributed by atoms with Crippen molar-refractivity contribution in [2.45, 2.75) is 4.90 Å². The molecule has 0 fully saturated rings. The molecule has 0 saturated heterocycles. The first-order chi connectivity index (χ1) is 6.06. The molecule has 1 aromatic heterocycles. The van der Waals surface area contributed by atoms with Gasteiger partial charge in [-0.15, -0.1) is 0 Å². The monoisotopic (exact) mass is 203 g/mol. The number of nitrogens with one attached hydrogen (secondary N) is 1. The van der Waals surface area contributed by atoms with Gasteiger partial charge >= 0.3 is 0 Å². The quantitative estimate of drug-likeness (QED) is 0.676. The van der Waals surface area contributed by atoms with E-state index >= 15 is 0 Å². The van der Waals surface area contributed by atoms with E-state index in [0.29, 0.717) is 6.54 Å². The molecule has 6 heteroatoms. The molecule has 3 N–H and O–H groups in total. The predicted molar refractivity (Wildman–Crippen MR) is 49.7 cm³/mol. The van der Waals surface area contributed by atoms with Gasteiger partial charge in [-0.25, -0.2) is 13.1 Å². The standard InChI is InChI=1S/C7H13N3O2S/c1-10-5-2-7(6-10)13(11,12)9-4-3-8/h2,5-6,9H,3-4,8H2,1H3. The van der Waals surface area contributed by atoms with E-state index < -0.39 is 10.0 Å². The van der Waals surface area contributed by atoms with Crippen molar-refractivity contribution in [3.63, 3.8) is 0 Å². The Hall–Kier alpha value is -0.850. The lowest BCUT2D eigenvalue weighted by Gasteiger charge is -2.01. The maximum atomic E-state index is 11.4. The summed E-state index contributed by atoms with van der Waals surface area (Å²) in [6, 6.07) is 1.54. The van der Waals surface area contributed by atoms with Gasteiger partial charge in [0.2, 0.25) is 10.0 Å². The number of aromatic nitrogens is 1. The van der Waals surface area contributed by atoms with Crippen molar-refractivity contribution in [1.82, 2.24) is 9.29 Å². The Bertz CT molecular complexity index is 369. The van der Waals surface area contributed by atoms with Gasteiger partial charge in [-0.3, -0.25) is 0 Å². The Morgan fingerprint density at radius 2 is 2.31 bits per heavy atom. The van der Waals surface area contributed by atoms with E-state index in [0.717, 1.165) is 0 Å². The number of aryl methyl sites for hydroxylation is 1. The second kappa shape index (κ2) is 3.91. The minimum Gasteiger partial charge on any atom is -0.356 e. The maximum absolute atomic E-state index is 11.4. The van der Waals surface area contributed by atoms with Gasteiger partial charge in [-0.1, -0.05) is 0 Å². The zero-order valence-corrected chi connectivity index (χ0v) is 8.21. The van der Waals surface area contributed by atoms with Crippen LogP contribution in [0.25, 0.3) is 0 Å². The van der Waals surface area contributed by atoms with Gasteiger partial charge in [0.15, 0.2) is 0 Å². The highest BCUT2D eigenvalue weighted by Gasteiger charge is 2.13. The van der Waals surface area contributed by atoms with Crippen molar-refractivity contribution in [1.29, 1.82) is 0 Å². The molecule has 0 radical (unpaired) electrons. The van der Waals surface area contributed by atoms with Gasteiger partial charge in [-0.2, -0.15) is 0 Å². The lowest BCUT2D eigenvalue weighted by Crippen LogP contribution is -2.28. The molecule has 0 bridgehead atoms. The topological polar surface area (TPSA) is 77.1 Å². The Kier molecular flexibility index (Phi) is 3.07. The minimum atomic E-state index is -3.35. The van der Waals surface area contributed by atoms with Crippen molar-refractivity contribution < 1.29 is 8.42 Å². The van der Waals surface area contributed by atoms with Gasteiger partial charge < -0.3 is 10.3 Å². The van der Waals surface area contributed by atoms with Gasteiger partial charge in [0.1, 0.15) is 0 Å². The van der Waals surface area contributed by atoms with Crippen LogP contribution in [0, 0.1) is 0 Å². The van der Waals surface area contributed by atoms with Gasteiger partial charge in [0, 0.05) is 32.5 Å². The van der Waals surface area contributed by atoms with E-state index in [2.05, 4.69) is 4.72 Å². The lowest BCUT2D eigenvalue weighted by atomic mass is 10.7. The van der Waals surface area contributed by atoms with E-state index in [-0.39, 0.29) is 11.4 Å². The third kappa shape index (κ3) is 2.55. The number of hydrogen-bond acceptors (Lipinski definition) is 3. The average Bonchev–Trinajstić information content (AvgIpc) is 2.49. The fourth-order valence-corrected chi connectivity index (χ4v) is 2.01. The van der Waals surface area contributed by atoms with E-state index in [1.165, 1.54) is 0 Å². The van der Waals surface area contributed by atoms with Gasteiger partial charge in [0.05, 0.1) is 4.90 Å². The first kappa shape index (κ1) is 10.2. The molecule has 0 aliphatic rings. The summed E-state index contributed by atoms with van der Waals surface area (Å²) in [6.07, 6.45) is 3.22. The zero-order chi connectivity index (χ0) is 9.90. The van der Waals surface area contributed by atoms with Crippen molar-refractivity contribution in [2.75, 3.05) is 13.1 Å². The molecule has 1 rings (SSSR count). The second-order valence-corrected chi connectivity index (χ2v) is 4.47. The predicted octanol–water partition coefficient (Wildman–Crippen LogP) is -0.738. The van der Waals surface area contributed by atoms with Crippen LogP contribution in [-0.4, -0.2) is 26.1 Å². The number of nitrogens with two attached hydrogens (primary N) is 1. The van der Waals surface area contributed by atoms with Crippen LogP contribution < -0.4 is 10.5 Å². The molecular formula is C7H13N3O2S. The fraction of sp³-hybridized carbons (Fsp3) is 0.429. The highest BCUT2D eigenvalue weighted by Crippen LogP contribution is 2.07. The smallest absolute Gasteiger partial charge is 0.242 e. The Morgan fingerprint density at radius 1 is 1.62 bits per heavy atom. The number of hydrogen-bond donors (Lipinski definition) is 2. The van der Waals surface area contributed by atoms with E-state index in [4.69, 9.17) is 5.73 Å². The molecule has 5 nitrogen and oxygen atoms in total. The number of sulfonamides is 1. The third-order valence-corrected chi connectivity index (χ3v) is 3.00. The molecule has 1 aromatic rings. The molecule has 0 amide bonds. The summed E-state index contributed by atoms with van der Waals surface area (Å²) < 4.78 is 26.9. The van der Waals surface area contributed by atoms with E-state index in [1.807, 2.05) is 0 Å². The molecule has 0 aliphatic carbocycles. The van der Waals surface area contributed by atoms with Gasteiger partial charge in [0.25, 0.3) is 0 Å². The van der Waals surface area contributed by atoms with Crippen LogP contribution in [0.4, 0.5) is 0 Å². The van der Waals surface area contributed by atoms with E-state index in [1.54, 1.807) is 30.1 Å². The van der Waals surface area contributed by atoms with Gasteiger partial charge in [-0.05, 0) is 6.07 Å². The molecule has 0 aliphatic heterocycles. The SMILES string of the molecule is Cn1ccc(S(=O)(=O)NCCN)c1. The van der Waals surface area contributed by atoms with Crippen molar-refractivity contribution in [3.05, 3.63) is 18.5 Å². The molecule has 0 aromatic carbocycles. The Morgan fingerprint density at radius 3 is 2.77 bits per heavy atom. The van der Waals surface area contributed by atoms with Crippen LogP contribution in [0.15, 0.2) is 23.4 Å². The molecule has 13 heavy (non-hydrogen) atoms. The zero-order valence-electron chi connectivity index (χ0n) is 7.40. The molecule has 74 valence electrons. The molecule has 0 unspecified atom stereocenters. The summed E-state index contributed by atoms with van der Waals surface area (Å²) in [7, 11) is -1.59. The van der Waals surface area contributed by atoms with E-state index in [9.17, 15) is 8.42 Å². The fourth-order valence-electron chi connectivity index (χ4n) is 0.913. The third-order valence-electron chi connectivity index (χ3n) is 1.55. The maximum Gasteiger partial charge on any atom is 0.242 e. The van der Waals surface area contributed by atoms with Crippen LogP contribution in [0.1, 0.15) is 0 Å². The molecule has 0 spiro atoms. The Labute approximate surface area is 77.6 Å². The summed E-state index contributed by atoms with van der Waals surface area (Å²) >= 11 is 0. The summed E-state index contributed by atoms with van der Waals surface area (Å²) in [5.74, 6) is 0. The normalized spacial score (nSPS) is 11.8. The minimum absolute atomic E-state index is 0.261. The number of nitrogens with zero attached hydrogens (tertiary/aromatic N) is 1. The molecular weight excluding hydrogens is 190 g/mol. The molecule has 1 heterocycles. The molecule has 0 atom stereocenters. The van der Waals surface area contributed by atoms with Crippen molar-refractivity contribution >= 4 is 10.0 Å². The van der Waals surface area contributed by atoms with Crippen LogP contribution in [0.3, 0.4) is 0 Å². The lowest BCUT2D eigenvalue weighted by molar-refractivity contribution is 0.582. The van der Waals surface area contributed by atoms with Crippen molar-refractivity contribution in [2.24, 2.45) is 12.8 Å². The van der Waals surface area contributed by atoms with Crippen LogP contribution in [0.5, 0.6) is 0 Å². The summed E-state index contributed by atoms with van der Waals surface area (Å²) in [5, 5.41) is 0. The van der Waals surface area contributed by atoms with Crippen LogP contribution in [0.2, 0.25) is 0 Å². The first-order valence-electron chi connectivity index (χ1n) is 3.88. The van der Waals surface area contributed by atoms with Crippen LogP contribution >= 0.6 is 0 Å². The first-order valence-corrected chi connectivity index (χ1v) is 5.36. The van der Waals surface area contributed by atoms with Crippen LogP contribution in [-0.2, 0) is 17.1 Å². The number of rotatable bonds is 4. The second-order valence-electron chi connectivity index (χ2n) is 2.70.